The zero-order valence-corrected chi connectivity index (χ0v) is 13.4. The van der Waals surface area contributed by atoms with Crippen LogP contribution in [0.25, 0.3) is 0 Å². The number of para-hydroxylation sites is 1. The quantitative estimate of drug-likeness (QED) is 0.882. The third kappa shape index (κ3) is 3.74. The Kier molecular flexibility index (Phi) is 4.53. The maximum atomic E-state index is 13.2. The fourth-order valence-corrected chi connectivity index (χ4v) is 2.74. The molecule has 0 aliphatic carbocycles. The molecule has 0 atom stereocenters. The van der Waals surface area contributed by atoms with Gasteiger partial charge in [0.15, 0.2) is 0 Å². The maximum absolute atomic E-state index is 13.2. The number of nitrogens with one attached hydrogen (secondary N) is 1. The zero-order chi connectivity index (χ0) is 15.4. The molecule has 1 N–H and O–H groups in total. The molecule has 0 amide bonds. The molecule has 2 aromatic carbocycles. The number of hydrogen-bond donors (Lipinski definition) is 1. The minimum absolute atomic E-state index is 0.215. The van der Waals surface area contributed by atoms with Crippen molar-refractivity contribution in [1.29, 1.82) is 0 Å². The van der Waals surface area contributed by atoms with Crippen LogP contribution in [0.1, 0.15) is 5.56 Å². The van der Waals surface area contributed by atoms with Crippen molar-refractivity contribution in [2.24, 2.45) is 4.99 Å². The van der Waals surface area contributed by atoms with Gasteiger partial charge in [-0.2, -0.15) is 0 Å². The highest BCUT2D eigenvalue weighted by Crippen LogP contribution is 2.19. The van der Waals surface area contributed by atoms with Gasteiger partial charge in [0, 0.05) is 18.4 Å². The van der Waals surface area contributed by atoms with Gasteiger partial charge in [0.25, 0.3) is 0 Å². The molecule has 2 aromatic rings. The third-order valence-electron chi connectivity index (χ3n) is 3.24. The lowest BCUT2D eigenvalue weighted by Gasteiger charge is -2.24. The van der Waals surface area contributed by atoms with E-state index < -0.39 is 0 Å². The summed E-state index contributed by atoms with van der Waals surface area (Å²) < 4.78 is 14.1. The molecule has 0 bridgehead atoms. The molecule has 22 heavy (non-hydrogen) atoms. The molecule has 1 heterocycles. The van der Waals surface area contributed by atoms with Crippen LogP contribution in [0.4, 0.5) is 10.1 Å². The average molecular weight is 360 g/mol. The topological polar surface area (TPSA) is 27.6 Å². The second kappa shape index (κ2) is 6.75. The Labute approximate surface area is 137 Å². The van der Waals surface area contributed by atoms with Crippen molar-refractivity contribution < 1.29 is 4.39 Å². The predicted octanol–water partition coefficient (Wildman–Crippen LogP) is 4.35. The first-order valence-electron chi connectivity index (χ1n) is 6.93. The Bertz CT molecular complexity index is 713. The van der Waals surface area contributed by atoms with Gasteiger partial charge < -0.3 is 10.2 Å². The standard InChI is InChI=1S/C17H15BrFN3/c18-16-11-22(10-13-5-4-6-14(19)9-13)12-20-17(16)21-15-7-2-1-3-8-15/h1-9,11H,10,12H2,(H,20,21). The van der Waals surface area contributed by atoms with Gasteiger partial charge in [-0.25, -0.2) is 9.38 Å². The fraction of sp³-hybridized carbons (Fsp3) is 0.118. The maximum Gasteiger partial charge on any atom is 0.143 e. The van der Waals surface area contributed by atoms with Gasteiger partial charge in [0.1, 0.15) is 18.3 Å². The van der Waals surface area contributed by atoms with Crippen molar-refractivity contribution in [1.82, 2.24) is 4.90 Å². The van der Waals surface area contributed by atoms with Crippen LogP contribution in [0.5, 0.6) is 0 Å². The van der Waals surface area contributed by atoms with Crippen molar-refractivity contribution in [2.45, 2.75) is 6.54 Å². The molecule has 3 nitrogen and oxygen atoms in total. The number of amidine groups is 1. The van der Waals surface area contributed by atoms with Crippen LogP contribution >= 0.6 is 15.9 Å². The largest absolute Gasteiger partial charge is 0.353 e. The summed E-state index contributed by atoms with van der Waals surface area (Å²) in [6.45, 7) is 1.15. The van der Waals surface area contributed by atoms with Crippen LogP contribution in [-0.4, -0.2) is 17.4 Å². The van der Waals surface area contributed by atoms with E-state index in [-0.39, 0.29) is 5.82 Å². The summed E-state index contributed by atoms with van der Waals surface area (Å²) in [6.07, 6.45) is 1.98. The second-order valence-corrected chi connectivity index (χ2v) is 5.85. The summed E-state index contributed by atoms with van der Waals surface area (Å²) in [6, 6.07) is 16.5. The van der Waals surface area contributed by atoms with E-state index in [0.717, 1.165) is 21.6 Å². The molecule has 5 heteroatoms. The van der Waals surface area contributed by atoms with Crippen molar-refractivity contribution in [3.05, 3.63) is 76.7 Å². The van der Waals surface area contributed by atoms with Gasteiger partial charge in [0.2, 0.25) is 0 Å². The molecule has 0 spiro atoms. The lowest BCUT2D eigenvalue weighted by atomic mass is 10.2. The van der Waals surface area contributed by atoms with Gasteiger partial charge in [-0.05, 0) is 45.8 Å². The first-order chi connectivity index (χ1) is 10.7. The molecule has 0 unspecified atom stereocenters. The van der Waals surface area contributed by atoms with Crippen molar-refractivity contribution in [3.63, 3.8) is 0 Å². The van der Waals surface area contributed by atoms with Crippen molar-refractivity contribution >= 4 is 27.5 Å². The molecule has 0 radical (unpaired) electrons. The minimum atomic E-state index is -0.215. The van der Waals surface area contributed by atoms with Crippen LogP contribution in [0, 0.1) is 5.82 Å². The normalized spacial score (nSPS) is 14.4. The van der Waals surface area contributed by atoms with E-state index >= 15 is 0 Å². The molecular formula is C17H15BrFN3. The summed E-state index contributed by atoms with van der Waals surface area (Å²) in [5.41, 5.74) is 1.91. The molecular weight excluding hydrogens is 345 g/mol. The third-order valence-corrected chi connectivity index (χ3v) is 3.82. The predicted molar refractivity (Wildman–Crippen MR) is 91.3 cm³/mol. The number of benzene rings is 2. The zero-order valence-electron chi connectivity index (χ0n) is 11.8. The van der Waals surface area contributed by atoms with Crippen LogP contribution in [0.2, 0.25) is 0 Å². The minimum Gasteiger partial charge on any atom is -0.353 e. The Morgan fingerprint density at radius 1 is 1.14 bits per heavy atom. The highest BCUT2D eigenvalue weighted by atomic mass is 79.9. The number of halogens is 2. The van der Waals surface area contributed by atoms with E-state index in [1.165, 1.54) is 6.07 Å². The molecule has 1 aliphatic rings. The van der Waals surface area contributed by atoms with E-state index in [2.05, 4.69) is 26.2 Å². The summed E-state index contributed by atoms with van der Waals surface area (Å²) in [4.78, 5) is 6.55. The van der Waals surface area contributed by atoms with Gasteiger partial charge >= 0.3 is 0 Å². The molecule has 0 saturated heterocycles. The van der Waals surface area contributed by atoms with Gasteiger partial charge in [0.05, 0.1) is 4.48 Å². The van der Waals surface area contributed by atoms with Crippen LogP contribution in [-0.2, 0) is 6.54 Å². The molecule has 112 valence electrons. The molecule has 0 aromatic heterocycles. The Morgan fingerprint density at radius 2 is 1.95 bits per heavy atom. The highest BCUT2D eigenvalue weighted by molar-refractivity contribution is 9.12. The van der Waals surface area contributed by atoms with E-state index in [4.69, 9.17) is 0 Å². The van der Waals surface area contributed by atoms with Crippen molar-refractivity contribution in [2.75, 3.05) is 12.0 Å². The Morgan fingerprint density at radius 3 is 2.68 bits per heavy atom. The SMILES string of the molecule is Fc1cccc(CN2C=C(Br)C(Nc3ccccc3)=NC2)c1. The summed E-state index contributed by atoms with van der Waals surface area (Å²) in [7, 11) is 0. The van der Waals surface area contributed by atoms with Crippen LogP contribution < -0.4 is 5.32 Å². The van der Waals surface area contributed by atoms with E-state index in [1.807, 2.05) is 47.5 Å². The average Bonchev–Trinajstić information content (AvgIpc) is 2.51. The monoisotopic (exact) mass is 359 g/mol. The Balaban J connectivity index is 1.66. The molecule has 0 saturated carbocycles. The number of aliphatic imine (C=N–C) groups is 1. The molecule has 1 aliphatic heterocycles. The lowest BCUT2D eigenvalue weighted by Crippen LogP contribution is -2.26. The molecule has 3 rings (SSSR count). The van der Waals surface area contributed by atoms with E-state index in [0.29, 0.717) is 13.2 Å². The first kappa shape index (κ1) is 14.8. The van der Waals surface area contributed by atoms with Gasteiger partial charge in [-0.1, -0.05) is 30.3 Å². The van der Waals surface area contributed by atoms with Crippen LogP contribution in [0.15, 0.2) is 70.3 Å². The number of anilines is 1. The number of hydrogen-bond acceptors (Lipinski definition) is 3. The van der Waals surface area contributed by atoms with Crippen LogP contribution in [0.3, 0.4) is 0 Å². The van der Waals surface area contributed by atoms with E-state index in [1.54, 1.807) is 12.1 Å². The van der Waals surface area contributed by atoms with Gasteiger partial charge in [-0.3, -0.25) is 0 Å². The smallest absolute Gasteiger partial charge is 0.143 e. The lowest BCUT2D eigenvalue weighted by molar-refractivity contribution is 0.377. The fourth-order valence-electron chi connectivity index (χ4n) is 2.22. The highest BCUT2D eigenvalue weighted by Gasteiger charge is 2.13. The summed E-state index contributed by atoms with van der Waals surface area (Å²) in [5, 5.41) is 3.27. The number of rotatable bonds is 3. The summed E-state index contributed by atoms with van der Waals surface area (Å²) >= 11 is 3.53. The van der Waals surface area contributed by atoms with E-state index in [9.17, 15) is 4.39 Å². The number of nitrogens with zero attached hydrogens (tertiary/aromatic N) is 2. The van der Waals surface area contributed by atoms with Crippen molar-refractivity contribution in [3.8, 4) is 0 Å². The molecule has 0 fully saturated rings. The first-order valence-corrected chi connectivity index (χ1v) is 7.73. The summed E-state index contributed by atoms with van der Waals surface area (Å²) in [5.74, 6) is 0.578. The second-order valence-electron chi connectivity index (χ2n) is 4.99. The Hall–Kier alpha value is -2.14. The van der Waals surface area contributed by atoms with Gasteiger partial charge in [-0.15, -0.1) is 0 Å².